The topological polar surface area (TPSA) is 110 Å². The van der Waals surface area contributed by atoms with E-state index in [0.717, 1.165) is 68.2 Å². The molecule has 0 saturated heterocycles. The zero-order valence-electron chi connectivity index (χ0n) is 33.4. The van der Waals surface area contributed by atoms with Gasteiger partial charge in [0.15, 0.2) is 5.78 Å². The molecule has 1 aromatic rings. The van der Waals surface area contributed by atoms with Crippen LogP contribution in [0.1, 0.15) is 132 Å². The number of nitrogens with one attached hydrogen (secondary N) is 1. The molecule has 7 nitrogen and oxygen atoms in total. The number of carboxylic acids is 1. The van der Waals surface area contributed by atoms with Crippen molar-refractivity contribution in [1.82, 2.24) is 0 Å². The fraction of sp³-hybridized carbons (Fsp3) is 0.689. The Balaban J connectivity index is 1.28. The third kappa shape index (κ3) is 6.00. The van der Waals surface area contributed by atoms with Gasteiger partial charge in [-0.25, -0.2) is 0 Å². The van der Waals surface area contributed by atoms with Gasteiger partial charge < -0.3 is 15.2 Å². The molecule has 5 aliphatic rings. The predicted octanol–water partition coefficient (Wildman–Crippen LogP) is 9.88. The molecule has 2 N–H and O–H groups in total. The number of amides is 1. The Bertz CT molecular complexity index is 1700. The third-order valence-electron chi connectivity index (χ3n) is 15.7. The minimum Gasteiger partial charge on any atom is -0.481 e. The maximum Gasteiger partial charge on any atom is 0.309 e. The molecule has 284 valence electrons. The number of hydrogen-bond donors (Lipinski definition) is 2. The smallest absolute Gasteiger partial charge is 0.309 e. The SMILES string of the molecule is Cc1ccc(NC(=O)C=C[C@@]23CC[C@]4(C)[C@H](CC[C@@H]5[C@@]6(C)CC[C@H](OC(=O)CC(C)(C)C(=O)O)C(C)(C)[C@@H]6CC[C@]54C)C2=C(C(C)C)C(=O)C3)cc1. The number of esters is 1. The molecule has 0 bridgehead atoms. The summed E-state index contributed by atoms with van der Waals surface area (Å²) in [5.74, 6) is -0.0583. The van der Waals surface area contributed by atoms with Crippen molar-refractivity contribution >= 4 is 29.3 Å². The van der Waals surface area contributed by atoms with Crippen LogP contribution in [0.25, 0.3) is 0 Å². The summed E-state index contributed by atoms with van der Waals surface area (Å²) < 4.78 is 6.16. The first-order chi connectivity index (χ1) is 24.1. The third-order valence-corrected chi connectivity index (χ3v) is 15.7. The number of carbonyl (C=O) groups is 4. The van der Waals surface area contributed by atoms with E-state index in [0.29, 0.717) is 18.3 Å². The second-order valence-electron chi connectivity index (χ2n) is 19.7. The standard InChI is InChI=1S/C45H63NO6/c1-27(2)37-31(47)25-45(22-19-35(48)46-29-13-11-28(3)12-14-29)24-23-43(9)30(38(37)45)15-16-33-42(8)20-18-34(52-36(49)26-40(4,5)39(50)51)41(6,7)32(42)17-21-44(33,43)10/h11-14,19,22,27,30,32-34H,15-18,20-21,23-26H2,1-10H3,(H,46,48)(H,50,51)/t30-,32+,33-,34+,42+,43-,44-,45+/m1/s1. The molecule has 1 aromatic carbocycles. The summed E-state index contributed by atoms with van der Waals surface area (Å²) in [6.07, 6.45) is 11.7. The van der Waals surface area contributed by atoms with Crippen LogP contribution in [0.3, 0.4) is 0 Å². The molecule has 6 rings (SSSR count). The van der Waals surface area contributed by atoms with Gasteiger partial charge in [-0.15, -0.1) is 0 Å². The molecule has 0 aliphatic heterocycles. The normalized spacial score (nSPS) is 36.9. The number of rotatable bonds is 8. The number of carboxylic acid groups (broad SMARTS) is 1. The first-order valence-corrected chi connectivity index (χ1v) is 19.9. The number of aryl methyl sites for hydroxylation is 1. The number of hydrogen-bond acceptors (Lipinski definition) is 5. The Kier molecular flexibility index (Phi) is 9.60. The Labute approximate surface area is 311 Å². The molecule has 0 spiro atoms. The van der Waals surface area contributed by atoms with Crippen molar-refractivity contribution in [2.45, 2.75) is 140 Å². The van der Waals surface area contributed by atoms with Crippen LogP contribution < -0.4 is 5.32 Å². The van der Waals surface area contributed by atoms with Crippen LogP contribution in [-0.2, 0) is 23.9 Å². The maximum absolute atomic E-state index is 14.0. The molecule has 4 fully saturated rings. The number of fused-ring (bicyclic) bond motifs is 7. The monoisotopic (exact) mass is 713 g/mol. The zero-order chi connectivity index (χ0) is 38.2. The van der Waals surface area contributed by atoms with Crippen LogP contribution in [0.15, 0.2) is 47.6 Å². The Hall–Kier alpha value is -3.22. The van der Waals surface area contributed by atoms with Gasteiger partial charge >= 0.3 is 11.9 Å². The predicted molar refractivity (Wildman–Crippen MR) is 204 cm³/mol. The first kappa shape index (κ1) is 38.5. The number of aliphatic carboxylic acids is 1. The van der Waals surface area contributed by atoms with E-state index in [1.807, 2.05) is 31.2 Å². The zero-order valence-corrected chi connectivity index (χ0v) is 33.4. The van der Waals surface area contributed by atoms with Gasteiger partial charge in [-0.1, -0.05) is 72.2 Å². The molecule has 4 saturated carbocycles. The average Bonchev–Trinajstić information content (AvgIpc) is 3.35. The lowest BCUT2D eigenvalue weighted by atomic mass is 9.33. The lowest BCUT2D eigenvalue weighted by Crippen LogP contribution is -2.65. The van der Waals surface area contributed by atoms with Crippen molar-refractivity contribution in [2.24, 2.45) is 56.2 Å². The van der Waals surface area contributed by atoms with Crippen LogP contribution in [0.5, 0.6) is 0 Å². The minimum atomic E-state index is -1.17. The first-order valence-electron chi connectivity index (χ1n) is 19.9. The van der Waals surface area contributed by atoms with E-state index >= 15 is 0 Å². The quantitative estimate of drug-likeness (QED) is 0.205. The number of benzene rings is 1. The number of anilines is 1. The van der Waals surface area contributed by atoms with Crippen molar-refractivity contribution in [2.75, 3.05) is 5.32 Å². The molecule has 1 amide bonds. The van der Waals surface area contributed by atoms with Crippen molar-refractivity contribution in [3.63, 3.8) is 0 Å². The second kappa shape index (κ2) is 13.0. The van der Waals surface area contributed by atoms with Gasteiger partial charge in [-0.05, 0) is 135 Å². The lowest BCUT2D eigenvalue weighted by Gasteiger charge is -2.72. The van der Waals surface area contributed by atoms with Crippen molar-refractivity contribution in [3.8, 4) is 0 Å². The van der Waals surface area contributed by atoms with Gasteiger partial charge in [0.25, 0.3) is 0 Å². The highest BCUT2D eigenvalue weighted by Crippen LogP contribution is 2.77. The number of ether oxygens (including phenoxy) is 1. The fourth-order valence-electron chi connectivity index (χ4n) is 12.7. The molecule has 5 aliphatic carbocycles. The van der Waals surface area contributed by atoms with Crippen molar-refractivity contribution in [3.05, 3.63) is 53.1 Å². The van der Waals surface area contributed by atoms with Crippen molar-refractivity contribution < 1.29 is 29.0 Å². The summed E-state index contributed by atoms with van der Waals surface area (Å²) in [4.78, 5) is 52.0. The van der Waals surface area contributed by atoms with Crippen molar-refractivity contribution in [1.29, 1.82) is 0 Å². The van der Waals surface area contributed by atoms with Gasteiger partial charge in [0.05, 0.1) is 11.8 Å². The summed E-state index contributed by atoms with van der Waals surface area (Å²) in [6, 6.07) is 7.82. The van der Waals surface area contributed by atoms with Crippen LogP contribution >= 0.6 is 0 Å². The number of allylic oxidation sites excluding steroid dienone is 3. The van der Waals surface area contributed by atoms with Gasteiger partial charge in [0, 0.05) is 29.0 Å². The summed E-state index contributed by atoms with van der Waals surface area (Å²) in [5, 5.41) is 12.6. The number of carbonyl (C=O) groups excluding carboxylic acids is 3. The Morgan fingerprint density at radius 3 is 2.23 bits per heavy atom. The van der Waals surface area contributed by atoms with E-state index in [1.54, 1.807) is 19.9 Å². The van der Waals surface area contributed by atoms with E-state index < -0.39 is 22.8 Å². The van der Waals surface area contributed by atoms with Crippen LogP contribution in [-0.4, -0.2) is 34.8 Å². The fourth-order valence-corrected chi connectivity index (χ4v) is 12.7. The highest BCUT2D eigenvalue weighted by molar-refractivity contribution is 6.02. The number of Topliss-reactive ketones (excluding diaryl/α,β-unsaturated/α-hetero) is 1. The summed E-state index contributed by atoms with van der Waals surface area (Å²) in [5.41, 5.74) is 2.54. The Morgan fingerprint density at radius 2 is 1.60 bits per heavy atom. The minimum absolute atomic E-state index is 0.00135. The van der Waals surface area contributed by atoms with Gasteiger partial charge in [-0.2, -0.15) is 0 Å². The van der Waals surface area contributed by atoms with Crippen LogP contribution in [0, 0.1) is 63.1 Å². The van der Waals surface area contributed by atoms with Gasteiger partial charge in [0.1, 0.15) is 6.10 Å². The van der Waals surface area contributed by atoms with Gasteiger partial charge in [-0.3, -0.25) is 19.2 Å². The van der Waals surface area contributed by atoms with E-state index in [-0.39, 0.29) is 57.7 Å². The average molecular weight is 714 g/mol. The molecule has 7 heteroatoms. The van der Waals surface area contributed by atoms with E-state index in [4.69, 9.17) is 4.74 Å². The molecule has 0 aromatic heterocycles. The molecule has 52 heavy (non-hydrogen) atoms. The molecular weight excluding hydrogens is 650 g/mol. The highest BCUT2D eigenvalue weighted by Gasteiger charge is 2.70. The van der Waals surface area contributed by atoms with Crippen LogP contribution in [0.2, 0.25) is 0 Å². The largest absolute Gasteiger partial charge is 0.481 e. The van der Waals surface area contributed by atoms with Crippen LogP contribution in [0.4, 0.5) is 5.69 Å². The summed E-state index contributed by atoms with van der Waals surface area (Å²) >= 11 is 0. The highest BCUT2D eigenvalue weighted by atomic mass is 16.5. The molecule has 0 heterocycles. The van der Waals surface area contributed by atoms with E-state index in [2.05, 4.69) is 59.9 Å². The molecule has 0 unspecified atom stereocenters. The lowest BCUT2D eigenvalue weighted by molar-refractivity contribution is -0.232. The second-order valence-corrected chi connectivity index (χ2v) is 19.7. The molecule has 8 atom stereocenters. The molecular formula is C45H63NO6. The van der Waals surface area contributed by atoms with E-state index in [9.17, 15) is 24.3 Å². The Morgan fingerprint density at radius 1 is 0.923 bits per heavy atom. The van der Waals surface area contributed by atoms with E-state index in [1.165, 1.54) is 5.57 Å². The number of ketones is 1. The maximum atomic E-state index is 14.0. The van der Waals surface area contributed by atoms with Gasteiger partial charge in [0.2, 0.25) is 5.91 Å². The summed E-state index contributed by atoms with van der Waals surface area (Å²) in [7, 11) is 0. The summed E-state index contributed by atoms with van der Waals surface area (Å²) in [6.45, 7) is 21.6. The molecule has 0 radical (unpaired) electrons.